The zero-order valence-corrected chi connectivity index (χ0v) is 14.9. The van der Waals surface area contributed by atoms with E-state index in [1.807, 2.05) is 37.3 Å². The van der Waals surface area contributed by atoms with E-state index in [4.69, 9.17) is 0 Å². The molecule has 2 fully saturated rings. The fraction of sp³-hybridized carbons (Fsp3) is 0.579. The van der Waals surface area contributed by atoms with E-state index < -0.39 is 0 Å². The van der Waals surface area contributed by atoms with Gasteiger partial charge in [0.05, 0.1) is 19.1 Å². The third kappa shape index (κ3) is 5.83. The molecule has 1 heterocycles. The zero-order valence-electron chi connectivity index (χ0n) is 14.9. The van der Waals surface area contributed by atoms with E-state index in [-0.39, 0.29) is 17.9 Å². The lowest BCUT2D eigenvalue weighted by molar-refractivity contribution is -0.125. The molecule has 25 heavy (non-hydrogen) atoms. The van der Waals surface area contributed by atoms with Crippen LogP contribution in [0.15, 0.2) is 30.3 Å². The number of piperazine rings is 1. The van der Waals surface area contributed by atoms with Crippen molar-refractivity contribution in [3.63, 3.8) is 0 Å². The van der Waals surface area contributed by atoms with Crippen LogP contribution in [0, 0.1) is 0 Å². The van der Waals surface area contributed by atoms with Crippen LogP contribution >= 0.6 is 0 Å². The molecule has 6 nitrogen and oxygen atoms in total. The van der Waals surface area contributed by atoms with Crippen LogP contribution in [0.1, 0.15) is 31.4 Å². The Morgan fingerprint density at radius 1 is 1.00 bits per heavy atom. The summed E-state index contributed by atoms with van der Waals surface area (Å²) in [7, 11) is 0. The standard InChI is InChI=1S/C19H28N4O2/c1-15(16-5-3-2-4-6-16)20-18(24)13-22-9-11-23(12-10-22)14-19(25)21-17-7-8-17/h2-6,15,17H,7-14H2,1H3,(H,20,24)(H,21,25). The SMILES string of the molecule is CC(NC(=O)CN1CCN(CC(=O)NC2CC2)CC1)c1ccccc1. The highest BCUT2D eigenvalue weighted by atomic mass is 16.2. The number of carbonyl (C=O) groups is 2. The molecule has 1 saturated carbocycles. The van der Waals surface area contributed by atoms with Gasteiger partial charge in [0.1, 0.15) is 0 Å². The van der Waals surface area contributed by atoms with E-state index >= 15 is 0 Å². The van der Waals surface area contributed by atoms with Gasteiger partial charge in [-0.05, 0) is 25.3 Å². The van der Waals surface area contributed by atoms with Crippen LogP contribution in [0.4, 0.5) is 0 Å². The lowest BCUT2D eigenvalue weighted by Crippen LogP contribution is -2.51. The van der Waals surface area contributed by atoms with Crippen molar-refractivity contribution < 1.29 is 9.59 Å². The van der Waals surface area contributed by atoms with Gasteiger partial charge >= 0.3 is 0 Å². The van der Waals surface area contributed by atoms with Crippen molar-refractivity contribution in [3.8, 4) is 0 Å². The monoisotopic (exact) mass is 344 g/mol. The molecule has 2 aliphatic rings. The number of hydrogen-bond donors (Lipinski definition) is 2. The molecule has 0 radical (unpaired) electrons. The molecule has 0 aromatic heterocycles. The molecule has 1 unspecified atom stereocenters. The van der Waals surface area contributed by atoms with Crippen molar-refractivity contribution in [2.75, 3.05) is 39.3 Å². The molecule has 1 aliphatic heterocycles. The predicted molar refractivity (Wildman–Crippen MR) is 97.0 cm³/mol. The van der Waals surface area contributed by atoms with Gasteiger partial charge < -0.3 is 10.6 Å². The molecule has 0 bridgehead atoms. The first-order chi connectivity index (χ1) is 12.1. The van der Waals surface area contributed by atoms with Crippen LogP contribution in [0.2, 0.25) is 0 Å². The molecule has 1 atom stereocenters. The maximum Gasteiger partial charge on any atom is 0.234 e. The van der Waals surface area contributed by atoms with Crippen LogP contribution < -0.4 is 10.6 Å². The summed E-state index contributed by atoms with van der Waals surface area (Å²) in [4.78, 5) is 28.4. The topological polar surface area (TPSA) is 64.7 Å². The molecule has 0 spiro atoms. The summed E-state index contributed by atoms with van der Waals surface area (Å²) >= 11 is 0. The minimum atomic E-state index is 0.0149. The molecule has 6 heteroatoms. The van der Waals surface area contributed by atoms with Gasteiger partial charge in [-0.15, -0.1) is 0 Å². The largest absolute Gasteiger partial charge is 0.352 e. The molecule has 2 N–H and O–H groups in total. The minimum Gasteiger partial charge on any atom is -0.352 e. The van der Waals surface area contributed by atoms with Gasteiger partial charge in [0.2, 0.25) is 11.8 Å². The quantitative estimate of drug-likeness (QED) is 0.767. The van der Waals surface area contributed by atoms with Crippen molar-refractivity contribution >= 4 is 11.8 Å². The van der Waals surface area contributed by atoms with Crippen LogP contribution in [0.25, 0.3) is 0 Å². The molecule has 136 valence electrons. The highest BCUT2D eigenvalue weighted by Crippen LogP contribution is 2.18. The average Bonchev–Trinajstić information content (AvgIpc) is 3.41. The van der Waals surface area contributed by atoms with Gasteiger partial charge in [-0.25, -0.2) is 0 Å². The van der Waals surface area contributed by atoms with Gasteiger partial charge in [0.25, 0.3) is 0 Å². The Bertz CT molecular complexity index is 580. The van der Waals surface area contributed by atoms with Crippen LogP contribution in [-0.4, -0.2) is 66.9 Å². The molecule has 3 rings (SSSR count). The third-order valence-electron chi connectivity index (χ3n) is 4.82. The van der Waals surface area contributed by atoms with Gasteiger partial charge in [-0.2, -0.15) is 0 Å². The van der Waals surface area contributed by atoms with Crippen molar-refractivity contribution in [2.45, 2.75) is 31.8 Å². The van der Waals surface area contributed by atoms with Gasteiger partial charge in [-0.1, -0.05) is 30.3 Å². The fourth-order valence-electron chi connectivity index (χ4n) is 3.12. The number of carbonyl (C=O) groups excluding carboxylic acids is 2. The normalized spacial score (nSPS) is 20.0. The van der Waals surface area contributed by atoms with E-state index in [0.29, 0.717) is 19.1 Å². The Labute approximate surface area is 149 Å². The Morgan fingerprint density at radius 2 is 1.56 bits per heavy atom. The van der Waals surface area contributed by atoms with Crippen LogP contribution in [0.3, 0.4) is 0 Å². The zero-order chi connectivity index (χ0) is 17.6. The molecular weight excluding hydrogens is 316 g/mol. The van der Waals surface area contributed by atoms with E-state index in [0.717, 1.165) is 44.6 Å². The fourth-order valence-corrected chi connectivity index (χ4v) is 3.12. The summed E-state index contributed by atoms with van der Waals surface area (Å²) in [5.74, 6) is 0.182. The van der Waals surface area contributed by atoms with Crippen molar-refractivity contribution in [2.24, 2.45) is 0 Å². The van der Waals surface area contributed by atoms with Crippen molar-refractivity contribution in [1.82, 2.24) is 20.4 Å². The highest BCUT2D eigenvalue weighted by Gasteiger charge is 2.25. The lowest BCUT2D eigenvalue weighted by Gasteiger charge is -2.34. The number of nitrogens with zero attached hydrogens (tertiary/aromatic N) is 2. The smallest absolute Gasteiger partial charge is 0.234 e. The van der Waals surface area contributed by atoms with Crippen molar-refractivity contribution in [1.29, 1.82) is 0 Å². The minimum absolute atomic E-state index is 0.0149. The number of benzene rings is 1. The Hall–Kier alpha value is -1.92. The summed E-state index contributed by atoms with van der Waals surface area (Å²) in [6, 6.07) is 10.4. The average molecular weight is 344 g/mol. The summed E-state index contributed by atoms with van der Waals surface area (Å²) in [5.41, 5.74) is 1.11. The summed E-state index contributed by atoms with van der Waals surface area (Å²) in [5, 5.41) is 6.08. The Morgan fingerprint density at radius 3 is 2.12 bits per heavy atom. The maximum atomic E-state index is 12.3. The van der Waals surface area contributed by atoms with Gasteiger partial charge in [0, 0.05) is 32.2 Å². The lowest BCUT2D eigenvalue weighted by atomic mass is 10.1. The van der Waals surface area contributed by atoms with E-state index in [1.165, 1.54) is 0 Å². The van der Waals surface area contributed by atoms with Crippen molar-refractivity contribution in [3.05, 3.63) is 35.9 Å². The molecule has 1 aromatic carbocycles. The Kier molecular flexibility index (Phi) is 6.04. The van der Waals surface area contributed by atoms with E-state index in [2.05, 4.69) is 20.4 Å². The molecule has 2 amide bonds. The first-order valence-electron chi connectivity index (χ1n) is 9.18. The molecular formula is C19H28N4O2. The van der Waals surface area contributed by atoms with Crippen LogP contribution in [0.5, 0.6) is 0 Å². The third-order valence-corrected chi connectivity index (χ3v) is 4.82. The maximum absolute atomic E-state index is 12.3. The summed E-state index contributed by atoms with van der Waals surface area (Å²) in [6.07, 6.45) is 2.24. The van der Waals surface area contributed by atoms with E-state index in [9.17, 15) is 9.59 Å². The predicted octanol–water partition coefficient (Wildman–Crippen LogP) is 0.760. The molecule has 1 saturated heterocycles. The first-order valence-corrected chi connectivity index (χ1v) is 9.18. The van der Waals surface area contributed by atoms with Gasteiger partial charge in [-0.3, -0.25) is 19.4 Å². The van der Waals surface area contributed by atoms with Crippen LogP contribution in [-0.2, 0) is 9.59 Å². The first kappa shape index (κ1) is 17.9. The van der Waals surface area contributed by atoms with Gasteiger partial charge in [0.15, 0.2) is 0 Å². The highest BCUT2D eigenvalue weighted by molar-refractivity contribution is 5.79. The second-order valence-electron chi connectivity index (χ2n) is 7.09. The molecule has 1 aromatic rings. The molecule has 1 aliphatic carbocycles. The number of rotatable bonds is 7. The number of amides is 2. The second-order valence-corrected chi connectivity index (χ2v) is 7.09. The summed E-state index contributed by atoms with van der Waals surface area (Å²) < 4.78 is 0. The Balaban J connectivity index is 1.35. The summed E-state index contributed by atoms with van der Waals surface area (Å²) in [6.45, 7) is 6.21. The van der Waals surface area contributed by atoms with E-state index in [1.54, 1.807) is 0 Å². The second kappa shape index (κ2) is 8.45. The number of nitrogens with one attached hydrogen (secondary N) is 2. The number of hydrogen-bond acceptors (Lipinski definition) is 4.